The van der Waals surface area contributed by atoms with E-state index in [1.807, 2.05) is 35.8 Å². The van der Waals surface area contributed by atoms with Crippen LogP contribution in [0.3, 0.4) is 0 Å². The monoisotopic (exact) mass is 252 g/mol. The molecule has 0 aliphatic heterocycles. The van der Waals surface area contributed by atoms with Gasteiger partial charge in [0.15, 0.2) is 0 Å². The zero-order valence-corrected chi connectivity index (χ0v) is 10.4. The molecule has 4 nitrogen and oxygen atoms in total. The van der Waals surface area contributed by atoms with Crippen LogP contribution in [0, 0.1) is 6.92 Å². The number of hydrogen-bond acceptors (Lipinski definition) is 2. The third kappa shape index (κ3) is 1.87. The SMILES string of the molecule is Cc1ccccc1-n1cnc2cc(C(=O)O)ccc21. The molecule has 0 fully saturated rings. The number of benzene rings is 2. The predicted octanol–water partition coefficient (Wildman–Crippen LogP) is 3.03. The normalized spacial score (nSPS) is 10.8. The average Bonchev–Trinajstić information content (AvgIpc) is 2.82. The molecular weight excluding hydrogens is 240 g/mol. The summed E-state index contributed by atoms with van der Waals surface area (Å²) in [5.74, 6) is -0.938. The van der Waals surface area contributed by atoms with Crippen molar-refractivity contribution >= 4 is 17.0 Å². The first-order valence-corrected chi connectivity index (χ1v) is 5.93. The minimum Gasteiger partial charge on any atom is -0.478 e. The van der Waals surface area contributed by atoms with Gasteiger partial charge >= 0.3 is 5.97 Å². The molecule has 0 atom stereocenters. The minimum atomic E-state index is -0.938. The van der Waals surface area contributed by atoms with Crippen molar-refractivity contribution in [2.45, 2.75) is 6.92 Å². The molecule has 0 radical (unpaired) electrons. The summed E-state index contributed by atoms with van der Waals surface area (Å²) in [5.41, 5.74) is 4.03. The fourth-order valence-corrected chi connectivity index (χ4v) is 2.17. The maximum absolute atomic E-state index is 10.9. The van der Waals surface area contributed by atoms with Crippen LogP contribution in [0.15, 0.2) is 48.8 Å². The second kappa shape index (κ2) is 4.24. The van der Waals surface area contributed by atoms with Gasteiger partial charge in [-0.15, -0.1) is 0 Å². The van der Waals surface area contributed by atoms with E-state index in [0.29, 0.717) is 5.52 Å². The van der Waals surface area contributed by atoms with E-state index >= 15 is 0 Å². The van der Waals surface area contributed by atoms with Gasteiger partial charge in [0, 0.05) is 0 Å². The van der Waals surface area contributed by atoms with Crippen LogP contribution >= 0.6 is 0 Å². The Kier molecular flexibility index (Phi) is 2.56. The van der Waals surface area contributed by atoms with Gasteiger partial charge in [-0.3, -0.25) is 4.57 Å². The predicted molar refractivity (Wildman–Crippen MR) is 72.8 cm³/mol. The van der Waals surface area contributed by atoms with Crippen molar-refractivity contribution in [3.63, 3.8) is 0 Å². The molecule has 0 saturated heterocycles. The molecule has 0 spiro atoms. The van der Waals surface area contributed by atoms with Crippen LogP contribution in [0.4, 0.5) is 0 Å². The van der Waals surface area contributed by atoms with Crippen LogP contribution < -0.4 is 0 Å². The molecule has 0 bridgehead atoms. The number of para-hydroxylation sites is 1. The maximum atomic E-state index is 10.9. The Bertz CT molecular complexity index is 775. The highest BCUT2D eigenvalue weighted by Crippen LogP contribution is 2.21. The number of fused-ring (bicyclic) bond motifs is 1. The lowest BCUT2D eigenvalue weighted by molar-refractivity contribution is 0.0697. The number of aromatic nitrogens is 2. The van der Waals surface area contributed by atoms with E-state index in [1.54, 1.807) is 24.5 Å². The van der Waals surface area contributed by atoms with E-state index in [-0.39, 0.29) is 5.56 Å². The molecule has 0 aliphatic carbocycles. The van der Waals surface area contributed by atoms with Gasteiger partial charge in [-0.1, -0.05) is 18.2 Å². The molecule has 94 valence electrons. The number of carboxylic acid groups (broad SMARTS) is 1. The van der Waals surface area contributed by atoms with Crippen LogP contribution in [0.1, 0.15) is 15.9 Å². The van der Waals surface area contributed by atoms with Crippen molar-refractivity contribution in [2.24, 2.45) is 0 Å². The number of carboxylic acids is 1. The van der Waals surface area contributed by atoms with Crippen molar-refractivity contribution in [2.75, 3.05) is 0 Å². The van der Waals surface area contributed by atoms with Gasteiger partial charge in [0.25, 0.3) is 0 Å². The lowest BCUT2D eigenvalue weighted by atomic mass is 10.1. The molecule has 4 heteroatoms. The third-order valence-corrected chi connectivity index (χ3v) is 3.17. The van der Waals surface area contributed by atoms with Gasteiger partial charge in [0.2, 0.25) is 0 Å². The van der Waals surface area contributed by atoms with Crippen LogP contribution in [0.2, 0.25) is 0 Å². The molecule has 0 unspecified atom stereocenters. The van der Waals surface area contributed by atoms with Crippen LogP contribution in [0.5, 0.6) is 0 Å². The molecule has 0 aliphatic rings. The molecule has 1 aromatic heterocycles. The van der Waals surface area contributed by atoms with Gasteiger partial charge in [-0.25, -0.2) is 9.78 Å². The highest BCUT2D eigenvalue weighted by Gasteiger charge is 2.09. The molecular formula is C15H12N2O2. The summed E-state index contributed by atoms with van der Waals surface area (Å²) in [4.78, 5) is 15.2. The quantitative estimate of drug-likeness (QED) is 0.762. The summed E-state index contributed by atoms with van der Waals surface area (Å²) in [5, 5.41) is 8.98. The Hall–Kier alpha value is -2.62. The van der Waals surface area contributed by atoms with E-state index in [4.69, 9.17) is 5.11 Å². The van der Waals surface area contributed by atoms with E-state index < -0.39 is 5.97 Å². The molecule has 1 heterocycles. The largest absolute Gasteiger partial charge is 0.478 e. The summed E-state index contributed by atoms with van der Waals surface area (Å²) < 4.78 is 1.97. The summed E-state index contributed by atoms with van der Waals surface area (Å²) >= 11 is 0. The first-order chi connectivity index (χ1) is 9.16. The van der Waals surface area contributed by atoms with Gasteiger partial charge in [-0.2, -0.15) is 0 Å². The lowest BCUT2D eigenvalue weighted by Crippen LogP contribution is -1.97. The Balaban J connectivity index is 2.22. The molecule has 0 saturated carbocycles. The highest BCUT2D eigenvalue weighted by atomic mass is 16.4. The Labute approximate surface area is 109 Å². The fourth-order valence-electron chi connectivity index (χ4n) is 2.17. The third-order valence-electron chi connectivity index (χ3n) is 3.17. The first kappa shape index (κ1) is 11.5. The standard InChI is InChI=1S/C15H12N2O2/c1-10-4-2-3-5-13(10)17-9-16-12-8-11(15(18)19)6-7-14(12)17/h2-9H,1H3,(H,18,19). The summed E-state index contributed by atoms with van der Waals surface area (Å²) in [7, 11) is 0. The number of nitrogens with zero attached hydrogens (tertiary/aromatic N) is 2. The maximum Gasteiger partial charge on any atom is 0.335 e. The van der Waals surface area contributed by atoms with Gasteiger partial charge in [0.1, 0.15) is 6.33 Å². The van der Waals surface area contributed by atoms with Crippen molar-refractivity contribution in [3.05, 3.63) is 59.9 Å². The zero-order valence-electron chi connectivity index (χ0n) is 10.4. The average molecular weight is 252 g/mol. The van der Waals surface area contributed by atoms with Crippen LogP contribution in [0.25, 0.3) is 16.7 Å². The Morgan fingerprint density at radius 2 is 2.00 bits per heavy atom. The first-order valence-electron chi connectivity index (χ1n) is 5.93. The number of hydrogen-bond donors (Lipinski definition) is 1. The fraction of sp³-hybridized carbons (Fsp3) is 0.0667. The molecule has 3 rings (SSSR count). The van der Waals surface area contributed by atoms with Crippen molar-refractivity contribution in [1.82, 2.24) is 9.55 Å². The lowest BCUT2D eigenvalue weighted by Gasteiger charge is -2.07. The van der Waals surface area contributed by atoms with Gasteiger partial charge in [-0.05, 0) is 36.8 Å². The summed E-state index contributed by atoms with van der Waals surface area (Å²) in [6, 6.07) is 13.0. The number of aromatic carboxylic acids is 1. The van der Waals surface area contributed by atoms with Gasteiger partial charge < -0.3 is 5.11 Å². The highest BCUT2D eigenvalue weighted by molar-refractivity contribution is 5.92. The number of rotatable bonds is 2. The minimum absolute atomic E-state index is 0.252. The van der Waals surface area contributed by atoms with E-state index in [9.17, 15) is 4.79 Å². The van der Waals surface area contributed by atoms with Crippen LogP contribution in [-0.4, -0.2) is 20.6 Å². The second-order valence-corrected chi connectivity index (χ2v) is 4.41. The van der Waals surface area contributed by atoms with Gasteiger partial charge in [0.05, 0.1) is 22.3 Å². The second-order valence-electron chi connectivity index (χ2n) is 4.41. The zero-order chi connectivity index (χ0) is 13.4. The van der Waals surface area contributed by atoms with E-state index in [2.05, 4.69) is 4.98 Å². The molecule has 3 aromatic rings. The summed E-state index contributed by atoms with van der Waals surface area (Å²) in [6.45, 7) is 2.03. The van der Waals surface area contributed by atoms with Crippen molar-refractivity contribution in [3.8, 4) is 5.69 Å². The number of aryl methyl sites for hydroxylation is 1. The van der Waals surface area contributed by atoms with Crippen molar-refractivity contribution < 1.29 is 9.90 Å². The number of carbonyl (C=O) groups is 1. The smallest absolute Gasteiger partial charge is 0.335 e. The van der Waals surface area contributed by atoms with E-state index in [0.717, 1.165) is 16.8 Å². The van der Waals surface area contributed by atoms with E-state index in [1.165, 1.54) is 0 Å². The summed E-state index contributed by atoms with van der Waals surface area (Å²) in [6.07, 6.45) is 1.72. The molecule has 2 aromatic carbocycles. The Morgan fingerprint density at radius 1 is 1.21 bits per heavy atom. The topological polar surface area (TPSA) is 55.1 Å². The molecule has 0 amide bonds. The Morgan fingerprint density at radius 3 is 2.74 bits per heavy atom. The number of imidazole rings is 1. The van der Waals surface area contributed by atoms with Crippen molar-refractivity contribution in [1.29, 1.82) is 0 Å². The van der Waals surface area contributed by atoms with Crippen LogP contribution in [-0.2, 0) is 0 Å². The molecule has 1 N–H and O–H groups in total. The molecule has 19 heavy (non-hydrogen) atoms.